The number of aromatic nitrogens is 2. The Labute approximate surface area is 170 Å². The summed E-state index contributed by atoms with van der Waals surface area (Å²) in [5, 5.41) is 10.0. The fourth-order valence-electron chi connectivity index (χ4n) is 2.41. The Balaban J connectivity index is 2.20. The Hall–Kier alpha value is -1.13. The molecule has 0 aromatic carbocycles. The predicted octanol–water partition coefficient (Wildman–Crippen LogP) is -0.895. The van der Waals surface area contributed by atoms with Gasteiger partial charge in [-0.05, 0) is 6.07 Å². The Morgan fingerprint density at radius 1 is 1.23 bits per heavy atom. The van der Waals surface area contributed by atoms with Gasteiger partial charge in [-0.2, -0.15) is 13.6 Å². The molecule has 16 nitrogen and oxygen atoms in total. The molecule has 1 aromatic heterocycles. The van der Waals surface area contributed by atoms with Gasteiger partial charge in [-0.1, -0.05) is 0 Å². The fourth-order valence-corrected chi connectivity index (χ4v) is 5.49. The Morgan fingerprint density at radius 2 is 1.84 bits per heavy atom. The van der Waals surface area contributed by atoms with Crippen LogP contribution >= 0.6 is 23.5 Å². The molecule has 21 heteroatoms. The van der Waals surface area contributed by atoms with Gasteiger partial charge in [0, 0.05) is 6.20 Å². The third kappa shape index (κ3) is 6.44. The highest BCUT2D eigenvalue weighted by Gasteiger charge is 2.58. The second kappa shape index (κ2) is 9.02. The summed E-state index contributed by atoms with van der Waals surface area (Å²) in [4.78, 5) is 50.6. The van der Waals surface area contributed by atoms with Crippen molar-refractivity contribution in [1.29, 1.82) is 0 Å². The van der Waals surface area contributed by atoms with E-state index in [9.17, 15) is 37.3 Å². The van der Waals surface area contributed by atoms with Gasteiger partial charge < -0.3 is 35.2 Å². The molecule has 2 heterocycles. The summed E-state index contributed by atoms with van der Waals surface area (Å²) >= 11 is 0. The molecule has 1 saturated heterocycles. The number of ether oxygens (including phenoxy) is 1. The standard InChI is InChI=1S/C10H16F2N3O13P3/c11-3-10(4-25-30(21,22)28-31(23,24)27-29(18,19)20)7(16)6(12)8(26-10)15-2-1-5(13)14-9(15)17/h1-2,6-8,16H,3-4H2,(H,21,22)(H,23,24)(H2,13,14,17)(H2,18,19,20)/t6-,7+,8-,10-/m1/s1. The number of aliphatic hydroxyl groups excluding tert-OH is 1. The van der Waals surface area contributed by atoms with Gasteiger partial charge in [0.2, 0.25) is 0 Å². The van der Waals surface area contributed by atoms with Gasteiger partial charge in [0.05, 0.1) is 6.61 Å². The van der Waals surface area contributed by atoms with Crippen LogP contribution in [0.2, 0.25) is 0 Å². The molecule has 0 saturated carbocycles. The highest BCUT2D eigenvalue weighted by Crippen LogP contribution is 2.66. The summed E-state index contributed by atoms with van der Waals surface area (Å²) in [5.41, 5.74) is 1.44. The van der Waals surface area contributed by atoms with Crippen molar-refractivity contribution in [2.24, 2.45) is 0 Å². The lowest BCUT2D eigenvalue weighted by atomic mass is 9.98. The van der Waals surface area contributed by atoms with Gasteiger partial charge in [-0.15, -0.1) is 0 Å². The topological polar surface area (TPSA) is 250 Å². The molecule has 0 radical (unpaired) electrons. The summed E-state index contributed by atoms with van der Waals surface area (Å²) in [6, 6.07) is 1.06. The maximum Gasteiger partial charge on any atom is 0.490 e. The van der Waals surface area contributed by atoms with E-state index in [1.807, 2.05) is 0 Å². The van der Waals surface area contributed by atoms with Crippen LogP contribution < -0.4 is 11.4 Å². The summed E-state index contributed by atoms with van der Waals surface area (Å²) < 4.78 is 78.5. The zero-order valence-electron chi connectivity index (χ0n) is 14.9. The number of anilines is 1. The Kier molecular flexibility index (Phi) is 7.60. The van der Waals surface area contributed by atoms with E-state index in [2.05, 4.69) is 18.1 Å². The van der Waals surface area contributed by atoms with E-state index in [0.717, 1.165) is 12.3 Å². The van der Waals surface area contributed by atoms with E-state index in [1.165, 1.54) is 0 Å². The van der Waals surface area contributed by atoms with E-state index >= 15 is 0 Å². The monoisotopic (exact) mass is 517 g/mol. The molecule has 31 heavy (non-hydrogen) atoms. The van der Waals surface area contributed by atoms with E-state index in [4.69, 9.17) is 25.2 Å². The van der Waals surface area contributed by atoms with Crippen LogP contribution in [0.15, 0.2) is 17.1 Å². The first-order valence-corrected chi connectivity index (χ1v) is 12.2. The molecule has 1 aliphatic rings. The molecular weight excluding hydrogens is 501 g/mol. The highest BCUT2D eigenvalue weighted by atomic mass is 31.3. The van der Waals surface area contributed by atoms with Crippen molar-refractivity contribution in [2.75, 3.05) is 19.0 Å². The van der Waals surface area contributed by atoms with Crippen LogP contribution in [-0.4, -0.2) is 65.4 Å². The van der Waals surface area contributed by atoms with E-state index < -0.39 is 66.5 Å². The van der Waals surface area contributed by atoms with E-state index in [0.29, 0.717) is 4.57 Å². The molecule has 0 bridgehead atoms. The lowest BCUT2D eigenvalue weighted by molar-refractivity contribution is -0.136. The number of aliphatic hydroxyl groups is 1. The van der Waals surface area contributed by atoms with E-state index in [1.54, 1.807) is 0 Å². The van der Waals surface area contributed by atoms with Gasteiger partial charge in [-0.25, -0.2) is 27.3 Å². The smallest absolute Gasteiger partial charge is 0.387 e. The van der Waals surface area contributed by atoms with Crippen molar-refractivity contribution >= 4 is 29.3 Å². The number of rotatable bonds is 9. The predicted molar refractivity (Wildman–Crippen MR) is 92.5 cm³/mol. The second-order valence-corrected chi connectivity index (χ2v) is 10.4. The van der Waals surface area contributed by atoms with Crippen molar-refractivity contribution in [3.63, 3.8) is 0 Å². The number of nitrogens with two attached hydrogens (primary N) is 1. The van der Waals surface area contributed by atoms with Crippen LogP contribution in [0.1, 0.15) is 6.23 Å². The number of nitrogen functional groups attached to an aromatic ring is 1. The van der Waals surface area contributed by atoms with Crippen LogP contribution in [0.4, 0.5) is 14.6 Å². The van der Waals surface area contributed by atoms with Gasteiger partial charge in [-0.3, -0.25) is 9.09 Å². The van der Waals surface area contributed by atoms with Crippen molar-refractivity contribution in [2.45, 2.75) is 24.1 Å². The van der Waals surface area contributed by atoms with Crippen molar-refractivity contribution < 1.29 is 65.0 Å². The molecule has 2 unspecified atom stereocenters. The average Bonchev–Trinajstić information content (AvgIpc) is 2.82. The van der Waals surface area contributed by atoms with Crippen molar-refractivity contribution in [1.82, 2.24) is 9.55 Å². The zero-order valence-corrected chi connectivity index (χ0v) is 17.6. The van der Waals surface area contributed by atoms with E-state index in [-0.39, 0.29) is 5.82 Å². The van der Waals surface area contributed by atoms with Gasteiger partial charge in [0.15, 0.2) is 18.0 Å². The highest BCUT2D eigenvalue weighted by molar-refractivity contribution is 7.66. The first kappa shape index (κ1) is 26.1. The summed E-state index contributed by atoms with van der Waals surface area (Å²) in [7, 11) is -17.2. The normalized spacial score (nSPS) is 30.6. The molecule has 6 atom stereocenters. The average molecular weight is 517 g/mol. The lowest BCUT2D eigenvalue weighted by Gasteiger charge is -2.29. The number of hydrogen-bond acceptors (Lipinski definition) is 11. The Morgan fingerprint density at radius 3 is 2.35 bits per heavy atom. The summed E-state index contributed by atoms with van der Waals surface area (Å²) in [5.74, 6) is -0.236. The van der Waals surface area contributed by atoms with Gasteiger partial charge in [0.25, 0.3) is 0 Å². The van der Waals surface area contributed by atoms with Gasteiger partial charge >= 0.3 is 29.2 Å². The quantitative estimate of drug-likeness (QED) is 0.217. The SMILES string of the molecule is Nc1ccn([C@@H]2O[C@](CF)(COP(=O)(O)OP(=O)(O)OP(=O)(O)O)[C@@H](O)[C@H]2F)c(=O)n1. The van der Waals surface area contributed by atoms with Crippen LogP contribution in [0.25, 0.3) is 0 Å². The van der Waals surface area contributed by atoms with Crippen LogP contribution in [0.5, 0.6) is 0 Å². The molecule has 1 aromatic rings. The molecule has 7 N–H and O–H groups in total. The molecule has 1 fully saturated rings. The Bertz CT molecular complexity index is 1020. The molecule has 178 valence electrons. The fraction of sp³-hybridized carbons (Fsp3) is 0.600. The number of phosphoric ester groups is 1. The van der Waals surface area contributed by atoms with Crippen LogP contribution in [-0.2, 0) is 31.6 Å². The summed E-state index contributed by atoms with van der Waals surface area (Å²) in [6.07, 6.45) is -5.93. The van der Waals surface area contributed by atoms with Gasteiger partial charge in [0.1, 0.15) is 18.6 Å². The zero-order chi connectivity index (χ0) is 23.8. The minimum Gasteiger partial charge on any atom is -0.387 e. The number of phosphoric acid groups is 3. The summed E-state index contributed by atoms with van der Waals surface area (Å²) in [6.45, 7) is -3.24. The number of hydrogen-bond donors (Lipinski definition) is 6. The first-order chi connectivity index (χ1) is 14.0. The lowest BCUT2D eigenvalue weighted by Crippen LogP contribution is -2.48. The maximum absolute atomic E-state index is 14.5. The molecule has 2 rings (SSSR count). The molecule has 0 aliphatic carbocycles. The van der Waals surface area contributed by atoms with Crippen molar-refractivity contribution in [3.05, 3.63) is 22.7 Å². The molecule has 1 aliphatic heterocycles. The molecule has 0 amide bonds. The third-order valence-corrected chi connectivity index (χ3v) is 7.49. The first-order valence-electron chi connectivity index (χ1n) is 7.70. The second-order valence-electron chi connectivity index (χ2n) is 6.00. The molecule has 0 spiro atoms. The molecular formula is C10H16F2N3O13P3. The van der Waals surface area contributed by atoms with Crippen molar-refractivity contribution in [3.8, 4) is 0 Å². The van der Waals surface area contributed by atoms with Crippen LogP contribution in [0.3, 0.4) is 0 Å². The third-order valence-electron chi connectivity index (χ3n) is 3.71. The minimum atomic E-state index is -5.86. The number of halogens is 2. The number of alkyl halides is 2. The number of nitrogens with zero attached hydrogens (tertiary/aromatic N) is 2. The maximum atomic E-state index is 14.5. The largest absolute Gasteiger partial charge is 0.490 e. The minimum absolute atomic E-state index is 0.236. The van der Waals surface area contributed by atoms with Crippen LogP contribution in [0, 0.1) is 0 Å².